The van der Waals surface area contributed by atoms with Crippen molar-refractivity contribution in [2.45, 2.75) is 13.3 Å². The summed E-state index contributed by atoms with van der Waals surface area (Å²) in [6, 6.07) is 5.10. The molecule has 0 radical (unpaired) electrons. The predicted octanol–water partition coefficient (Wildman–Crippen LogP) is 5.18. The van der Waals surface area contributed by atoms with E-state index in [9.17, 15) is 22.4 Å². The lowest BCUT2D eigenvalue weighted by atomic mass is 10.1. The maximum atomic E-state index is 13.7. The predicted molar refractivity (Wildman–Crippen MR) is 76.3 cm³/mol. The Balaban J connectivity index is 2.27. The monoisotopic (exact) mass is 364 g/mol. The Morgan fingerprint density at radius 1 is 1.17 bits per heavy atom. The van der Waals surface area contributed by atoms with Crippen LogP contribution in [0.2, 0.25) is 5.02 Å². The Kier molecular flexibility index (Phi) is 4.88. The van der Waals surface area contributed by atoms with Crippen molar-refractivity contribution in [2.75, 3.05) is 0 Å². The van der Waals surface area contributed by atoms with E-state index >= 15 is 0 Å². The topological polar surface area (TPSA) is 55.8 Å². The molecule has 128 valence electrons. The summed E-state index contributed by atoms with van der Waals surface area (Å²) in [6.45, 7) is 1.49. The molecule has 0 aliphatic rings. The van der Waals surface area contributed by atoms with Gasteiger partial charge in [0.2, 0.25) is 0 Å². The SMILES string of the molecule is Cc1cc(C(=O)O)c(F)cc1Oc1ccc(OC(F)(F)F)c(Cl)c1. The zero-order valence-corrected chi connectivity index (χ0v) is 12.7. The highest BCUT2D eigenvalue weighted by atomic mass is 35.5. The van der Waals surface area contributed by atoms with Crippen LogP contribution in [0.1, 0.15) is 15.9 Å². The summed E-state index contributed by atoms with van der Waals surface area (Å²) in [7, 11) is 0. The maximum absolute atomic E-state index is 13.7. The summed E-state index contributed by atoms with van der Waals surface area (Å²) in [6.07, 6.45) is -4.89. The first-order chi connectivity index (χ1) is 11.1. The minimum absolute atomic E-state index is 0.00180. The quantitative estimate of drug-likeness (QED) is 0.760. The molecule has 0 aromatic heterocycles. The Hall–Kier alpha value is -2.48. The molecule has 2 rings (SSSR count). The molecule has 0 atom stereocenters. The van der Waals surface area contributed by atoms with Crippen LogP contribution < -0.4 is 9.47 Å². The molecule has 0 spiro atoms. The van der Waals surface area contributed by atoms with Crippen LogP contribution in [0.25, 0.3) is 0 Å². The molecule has 4 nitrogen and oxygen atoms in total. The average Bonchev–Trinajstić information content (AvgIpc) is 2.44. The third-order valence-corrected chi connectivity index (χ3v) is 3.15. The highest BCUT2D eigenvalue weighted by molar-refractivity contribution is 6.32. The summed E-state index contributed by atoms with van der Waals surface area (Å²) < 4.78 is 59.2. The Morgan fingerprint density at radius 3 is 2.38 bits per heavy atom. The van der Waals surface area contributed by atoms with E-state index in [0.717, 1.165) is 30.3 Å². The fraction of sp³-hybridized carbons (Fsp3) is 0.133. The van der Waals surface area contributed by atoms with Gasteiger partial charge < -0.3 is 14.6 Å². The smallest absolute Gasteiger partial charge is 0.478 e. The van der Waals surface area contributed by atoms with Gasteiger partial charge in [-0.1, -0.05) is 11.6 Å². The first-order valence-corrected chi connectivity index (χ1v) is 6.71. The van der Waals surface area contributed by atoms with Gasteiger partial charge in [-0.05, 0) is 30.7 Å². The van der Waals surface area contributed by atoms with E-state index in [1.165, 1.54) is 6.92 Å². The lowest BCUT2D eigenvalue weighted by molar-refractivity contribution is -0.274. The number of alkyl halides is 3. The Morgan fingerprint density at radius 2 is 1.83 bits per heavy atom. The molecule has 0 aliphatic carbocycles. The number of halogens is 5. The van der Waals surface area contributed by atoms with Crippen molar-refractivity contribution >= 4 is 17.6 Å². The molecular weight excluding hydrogens is 356 g/mol. The molecule has 24 heavy (non-hydrogen) atoms. The van der Waals surface area contributed by atoms with Crippen LogP contribution in [0.4, 0.5) is 17.6 Å². The van der Waals surface area contributed by atoms with Crippen molar-refractivity contribution in [3.63, 3.8) is 0 Å². The number of carboxylic acid groups (broad SMARTS) is 1. The molecule has 0 aliphatic heterocycles. The van der Waals surface area contributed by atoms with E-state index in [2.05, 4.69) is 4.74 Å². The van der Waals surface area contributed by atoms with Crippen molar-refractivity contribution in [2.24, 2.45) is 0 Å². The van der Waals surface area contributed by atoms with Crippen LogP contribution in [0.15, 0.2) is 30.3 Å². The van der Waals surface area contributed by atoms with E-state index < -0.39 is 29.5 Å². The zero-order chi connectivity index (χ0) is 18.1. The second-order valence-electron chi connectivity index (χ2n) is 4.64. The number of carbonyl (C=O) groups is 1. The Labute approximate surface area is 138 Å². The molecular formula is C15H9ClF4O4. The van der Waals surface area contributed by atoms with E-state index in [0.29, 0.717) is 5.56 Å². The van der Waals surface area contributed by atoms with Crippen LogP contribution in [0, 0.1) is 12.7 Å². The lowest BCUT2D eigenvalue weighted by Gasteiger charge is -2.13. The van der Waals surface area contributed by atoms with Crippen LogP contribution >= 0.6 is 11.6 Å². The highest BCUT2D eigenvalue weighted by Crippen LogP contribution is 2.35. The summed E-state index contributed by atoms with van der Waals surface area (Å²) in [5.41, 5.74) is -0.202. The number of aryl methyl sites for hydroxylation is 1. The normalized spacial score (nSPS) is 11.2. The third-order valence-electron chi connectivity index (χ3n) is 2.85. The molecule has 0 saturated carbocycles. The van der Waals surface area contributed by atoms with Gasteiger partial charge in [-0.15, -0.1) is 13.2 Å². The molecule has 2 aromatic rings. The van der Waals surface area contributed by atoms with E-state index in [1.54, 1.807) is 0 Å². The summed E-state index contributed by atoms with van der Waals surface area (Å²) in [5, 5.41) is 8.47. The molecule has 1 N–H and O–H groups in total. The lowest BCUT2D eigenvalue weighted by Crippen LogP contribution is -2.17. The first-order valence-electron chi connectivity index (χ1n) is 6.33. The summed E-state index contributed by atoms with van der Waals surface area (Å²) >= 11 is 5.68. The summed E-state index contributed by atoms with van der Waals surface area (Å²) in [5.74, 6) is -3.02. The van der Waals surface area contributed by atoms with Crippen LogP contribution in [0.3, 0.4) is 0 Å². The Bertz CT molecular complexity index is 790. The van der Waals surface area contributed by atoms with Gasteiger partial charge in [0.05, 0.1) is 10.6 Å². The standard InChI is InChI=1S/C15H9ClF4O4/c1-7-4-9(14(21)22)11(17)6-13(7)23-8-2-3-12(10(16)5-8)24-15(18,19)20/h2-6H,1H3,(H,21,22). The number of rotatable bonds is 4. The van der Waals surface area contributed by atoms with Gasteiger partial charge in [-0.2, -0.15) is 0 Å². The number of hydrogen-bond acceptors (Lipinski definition) is 3. The molecule has 2 aromatic carbocycles. The van der Waals surface area contributed by atoms with Crippen LogP contribution in [0.5, 0.6) is 17.2 Å². The van der Waals surface area contributed by atoms with E-state index in [4.69, 9.17) is 21.4 Å². The fourth-order valence-electron chi connectivity index (χ4n) is 1.82. The number of aromatic carboxylic acids is 1. The van der Waals surface area contributed by atoms with Gasteiger partial charge in [0.15, 0.2) is 0 Å². The number of benzene rings is 2. The molecule has 0 bridgehead atoms. The number of hydrogen-bond donors (Lipinski definition) is 1. The van der Waals surface area contributed by atoms with E-state index in [1.807, 2.05) is 0 Å². The maximum Gasteiger partial charge on any atom is 0.573 e. The molecule has 0 fully saturated rings. The van der Waals surface area contributed by atoms with Crippen molar-refractivity contribution in [3.8, 4) is 17.2 Å². The van der Waals surface area contributed by atoms with Crippen molar-refractivity contribution in [3.05, 3.63) is 52.3 Å². The molecule has 0 unspecified atom stereocenters. The molecule has 0 heterocycles. The largest absolute Gasteiger partial charge is 0.573 e. The van der Waals surface area contributed by atoms with Gasteiger partial charge in [0.25, 0.3) is 0 Å². The van der Waals surface area contributed by atoms with Gasteiger partial charge in [-0.25, -0.2) is 9.18 Å². The van der Waals surface area contributed by atoms with Gasteiger partial charge >= 0.3 is 12.3 Å². The first kappa shape index (κ1) is 17.9. The molecule has 9 heteroatoms. The van der Waals surface area contributed by atoms with Gasteiger partial charge in [0.1, 0.15) is 23.1 Å². The third kappa shape index (κ3) is 4.29. The van der Waals surface area contributed by atoms with Gasteiger partial charge in [-0.3, -0.25) is 0 Å². The zero-order valence-electron chi connectivity index (χ0n) is 11.9. The average molecular weight is 365 g/mol. The van der Waals surface area contributed by atoms with Crippen molar-refractivity contribution in [1.29, 1.82) is 0 Å². The van der Waals surface area contributed by atoms with Gasteiger partial charge in [0, 0.05) is 12.1 Å². The minimum atomic E-state index is -4.89. The van der Waals surface area contributed by atoms with E-state index in [-0.39, 0.29) is 16.5 Å². The number of ether oxygens (including phenoxy) is 2. The van der Waals surface area contributed by atoms with Crippen LogP contribution in [-0.2, 0) is 0 Å². The minimum Gasteiger partial charge on any atom is -0.478 e. The molecule has 0 saturated heterocycles. The second kappa shape index (κ2) is 6.56. The highest BCUT2D eigenvalue weighted by Gasteiger charge is 2.32. The van der Waals surface area contributed by atoms with Crippen LogP contribution in [-0.4, -0.2) is 17.4 Å². The number of carboxylic acids is 1. The summed E-state index contributed by atoms with van der Waals surface area (Å²) in [4.78, 5) is 10.8. The van der Waals surface area contributed by atoms with Crippen molar-refractivity contribution < 1.29 is 36.9 Å². The fourth-order valence-corrected chi connectivity index (χ4v) is 2.03. The second-order valence-corrected chi connectivity index (χ2v) is 5.05. The van der Waals surface area contributed by atoms with Crippen molar-refractivity contribution in [1.82, 2.24) is 0 Å². The molecule has 0 amide bonds.